The van der Waals surface area contributed by atoms with Gasteiger partial charge in [0, 0.05) is 0 Å². The van der Waals surface area contributed by atoms with Gasteiger partial charge in [-0.1, -0.05) is 24.3 Å². The minimum atomic E-state index is -0.395. The van der Waals surface area contributed by atoms with Gasteiger partial charge < -0.3 is 15.9 Å². The van der Waals surface area contributed by atoms with E-state index < -0.39 is 6.04 Å². The van der Waals surface area contributed by atoms with Crippen molar-refractivity contribution in [2.45, 2.75) is 12.6 Å². The first-order valence-corrected chi connectivity index (χ1v) is 3.84. The number of hydrogen-bond acceptors (Lipinski definition) is 3. The molecule has 74 valence electrons. The van der Waals surface area contributed by atoms with Crippen LogP contribution in [0.15, 0.2) is 24.3 Å². The molecule has 0 aliphatic carbocycles. The van der Waals surface area contributed by atoms with Gasteiger partial charge in [-0.2, -0.15) is 0 Å². The Morgan fingerprint density at radius 1 is 1.23 bits per heavy atom. The van der Waals surface area contributed by atoms with Crippen LogP contribution in [0.5, 0.6) is 0 Å². The minimum Gasteiger partial charge on any atom is -0.394 e. The maximum atomic E-state index is 8.93. The summed E-state index contributed by atoms with van der Waals surface area (Å²) in [5.74, 6) is 0. The second kappa shape index (κ2) is 5.94. The quantitative estimate of drug-likeness (QED) is 0.674. The number of halogens is 1. The highest BCUT2D eigenvalue weighted by Crippen LogP contribution is 2.15. The molecule has 1 aromatic rings. The molecule has 1 rings (SSSR count). The lowest BCUT2D eigenvalue weighted by Gasteiger charge is -2.12. The molecule has 0 aliphatic heterocycles. The van der Waals surface area contributed by atoms with E-state index in [0.29, 0.717) is 0 Å². The van der Waals surface area contributed by atoms with Crippen molar-refractivity contribution in [3.05, 3.63) is 35.4 Å². The highest BCUT2D eigenvalue weighted by atomic mass is 35.5. The first-order chi connectivity index (χ1) is 5.79. The van der Waals surface area contributed by atoms with E-state index in [4.69, 9.17) is 15.9 Å². The van der Waals surface area contributed by atoms with Crippen LogP contribution in [0.3, 0.4) is 0 Å². The van der Waals surface area contributed by atoms with E-state index in [1.807, 2.05) is 18.2 Å². The van der Waals surface area contributed by atoms with Gasteiger partial charge in [-0.05, 0) is 11.1 Å². The van der Waals surface area contributed by atoms with Gasteiger partial charge in [0.15, 0.2) is 0 Å². The summed E-state index contributed by atoms with van der Waals surface area (Å²) in [6, 6.07) is 6.88. The van der Waals surface area contributed by atoms with E-state index in [9.17, 15) is 0 Å². The molecule has 0 spiro atoms. The summed E-state index contributed by atoms with van der Waals surface area (Å²) >= 11 is 0. The Hall–Kier alpha value is -0.610. The maximum Gasteiger partial charge on any atom is 0.0685 e. The Balaban J connectivity index is 0.00000144. The van der Waals surface area contributed by atoms with Crippen molar-refractivity contribution in [2.75, 3.05) is 6.61 Å². The third-order valence-corrected chi connectivity index (χ3v) is 1.82. The van der Waals surface area contributed by atoms with Gasteiger partial charge in [0.05, 0.1) is 19.3 Å². The van der Waals surface area contributed by atoms with Gasteiger partial charge in [-0.3, -0.25) is 0 Å². The molecule has 0 unspecified atom stereocenters. The first kappa shape index (κ1) is 12.4. The molecule has 0 aliphatic rings. The van der Waals surface area contributed by atoms with Crippen molar-refractivity contribution in [1.82, 2.24) is 0 Å². The molecule has 1 atom stereocenters. The van der Waals surface area contributed by atoms with E-state index in [1.54, 1.807) is 6.07 Å². The van der Waals surface area contributed by atoms with Gasteiger partial charge in [0.2, 0.25) is 0 Å². The number of aliphatic hydroxyl groups excluding tert-OH is 2. The van der Waals surface area contributed by atoms with Crippen molar-refractivity contribution < 1.29 is 10.2 Å². The van der Waals surface area contributed by atoms with Crippen molar-refractivity contribution in [2.24, 2.45) is 5.73 Å². The van der Waals surface area contributed by atoms with Crippen LogP contribution in [0.4, 0.5) is 0 Å². The fourth-order valence-corrected chi connectivity index (χ4v) is 1.14. The number of nitrogens with two attached hydrogens (primary N) is 1. The molecule has 0 aromatic heterocycles. The monoisotopic (exact) mass is 203 g/mol. The number of benzene rings is 1. The standard InChI is InChI=1S/C9H13NO2.ClH/c10-9(6-12)8-4-2-1-3-7(8)5-11;/h1-4,9,11-12H,5-6,10H2;1H/t9-;/m0./s1. The van der Waals surface area contributed by atoms with Crippen LogP contribution in [-0.4, -0.2) is 16.8 Å². The molecule has 4 N–H and O–H groups in total. The summed E-state index contributed by atoms with van der Waals surface area (Å²) in [7, 11) is 0. The van der Waals surface area contributed by atoms with Gasteiger partial charge >= 0.3 is 0 Å². The van der Waals surface area contributed by atoms with Crippen LogP contribution in [0, 0.1) is 0 Å². The third kappa shape index (κ3) is 2.97. The Labute approximate surface area is 83.6 Å². The van der Waals surface area contributed by atoms with Crippen molar-refractivity contribution in [3.8, 4) is 0 Å². The second-order valence-corrected chi connectivity index (χ2v) is 2.65. The van der Waals surface area contributed by atoms with Crippen LogP contribution in [-0.2, 0) is 6.61 Å². The topological polar surface area (TPSA) is 66.5 Å². The van der Waals surface area contributed by atoms with E-state index in [-0.39, 0.29) is 25.6 Å². The van der Waals surface area contributed by atoms with Crippen LogP contribution in [0.2, 0.25) is 0 Å². The van der Waals surface area contributed by atoms with Crippen LogP contribution in [0.1, 0.15) is 17.2 Å². The largest absolute Gasteiger partial charge is 0.394 e. The molecule has 0 radical (unpaired) electrons. The minimum absolute atomic E-state index is 0. The molecular formula is C9H14ClNO2. The summed E-state index contributed by atoms with van der Waals surface area (Å²) < 4.78 is 0. The summed E-state index contributed by atoms with van der Waals surface area (Å²) in [6.07, 6.45) is 0. The molecule has 0 saturated heterocycles. The molecule has 3 nitrogen and oxygen atoms in total. The maximum absolute atomic E-state index is 8.93. The average molecular weight is 204 g/mol. The number of aliphatic hydroxyl groups is 2. The molecule has 0 saturated carbocycles. The molecule has 0 fully saturated rings. The number of rotatable bonds is 3. The first-order valence-electron chi connectivity index (χ1n) is 3.84. The normalized spacial score (nSPS) is 11.9. The zero-order chi connectivity index (χ0) is 8.97. The highest BCUT2D eigenvalue weighted by molar-refractivity contribution is 5.85. The molecular weight excluding hydrogens is 190 g/mol. The molecule has 13 heavy (non-hydrogen) atoms. The smallest absolute Gasteiger partial charge is 0.0685 e. The highest BCUT2D eigenvalue weighted by Gasteiger charge is 2.07. The van der Waals surface area contributed by atoms with E-state index in [2.05, 4.69) is 0 Å². The molecule has 0 bridgehead atoms. The summed E-state index contributed by atoms with van der Waals surface area (Å²) in [5.41, 5.74) is 7.19. The van der Waals surface area contributed by atoms with E-state index in [1.165, 1.54) is 0 Å². The lowest BCUT2D eigenvalue weighted by atomic mass is 10.0. The summed E-state index contributed by atoms with van der Waals surface area (Å²) in [5, 5.41) is 17.7. The second-order valence-electron chi connectivity index (χ2n) is 2.65. The number of hydrogen-bond donors (Lipinski definition) is 3. The summed E-state index contributed by atoms with van der Waals surface area (Å²) in [6.45, 7) is -0.138. The zero-order valence-electron chi connectivity index (χ0n) is 7.18. The Bertz CT molecular complexity index is 255. The van der Waals surface area contributed by atoms with E-state index >= 15 is 0 Å². The Kier molecular flexibility index (Phi) is 5.66. The third-order valence-electron chi connectivity index (χ3n) is 1.82. The van der Waals surface area contributed by atoms with E-state index in [0.717, 1.165) is 11.1 Å². The van der Waals surface area contributed by atoms with Crippen molar-refractivity contribution in [1.29, 1.82) is 0 Å². The average Bonchev–Trinajstić information content (AvgIpc) is 2.16. The lowest BCUT2D eigenvalue weighted by Crippen LogP contribution is -2.16. The van der Waals surface area contributed by atoms with Crippen LogP contribution < -0.4 is 5.73 Å². The van der Waals surface area contributed by atoms with Crippen LogP contribution in [0.25, 0.3) is 0 Å². The lowest BCUT2D eigenvalue weighted by molar-refractivity contribution is 0.259. The Morgan fingerprint density at radius 2 is 1.85 bits per heavy atom. The zero-order valence-corrected chi connectivity index (χ0v) is 8.00. The Morgan fingerprint density at radius 3 is 2.38 bits per heavy atom. The molecule has 0 heterocycles. The van der Waals surface area contributed by atoms with Gasteiger partial charge in [-0.15, -0.1) is 12.4 Å². The fourth-order valence-electron chi connectivity index (χ4n) is 1.14. The van der Waals surface area contributed by atoms with Gasteiger partial charge in [0.25, 0.3) is 0 Å². The molecule has 4 heteroatoms. The SMILES string of the molecule is Cl.N[C@@H](CO)c1ccccc1CO. The predicted octanol–water partition coefficient (Wildman–Crippen LogP) is 0.593. The van der Waals surface area contributed by atoms with Gasteiger partial charge in [-0.25, -0.2) is 0 Å². The molecule has 0 amide bonds. The predicted molar refractivity (Wildman–Crippen MR) is 53.6 cm³/mol. The van der Waals surface area contributed by atoms with Crippen molar-refractivity contribution in [3.63, 3.8) is 0 Å². The summed E-state index contributed by atoms with van der Waals surface area (Å²) in [4.78, 5) is 0. The fraction of sp³-hybridized carbons (Fsp3) is 0.333. The molecule has 1 aromatic carbocycles. The van der Waals surface area contributed by atoms with Gasteiger partial charge in [0.1, 0.15) is 0 Å². The van der Waals surface area contributed by atoms with Crippen molar-refractivity contribution >= 4 is 12.4 Å². The van der Waals surface area contributed by atoms with Crippen LogP contribution >= 0.6 is 12.4 Å².